The van der Waals surface area contributed by atoms with Gasteiger partial charge in [-0.1, -0.05) is 23.7 Å². The van der Waals surface area contributed by atoms with Crippen LogP contribution >= 0.6 is 11.6 Å². The number of halogens is 1. The molecule has 2 heterocycles. The van der Waals surface area contributed by atoms with Gasteiger partial charge in [-0.2, -0.15) is 10.2 Å². The third-order valence-corrected chi connectivity index (χ3v) is 4.52. The third kappa shape index (κ3) is 3.79. The molecule has 120 valence electrons. The van der Waals surface area contributed by atoms with Crippen molar-refractivity contribution >= 4 is 23.3 Å². The van der Waals surface area contributed by atoms with E-state index in [1.807, 2.05) is 24.0 Å². The van der Waals surface area contributed by atoms with Crippen molar-refractivity contribution in [2.24, 2.45) is 0 Å². The summed E-state index contributed by atoms with van der Waals surface area (Å²) in [5, 5.41) is 11.4. The summed E-state index contributed by atoms with van der Waals surface area (Å²) in [4.78, 5) is 14.2. The van der Waals surface area contributed by atoms with Gasteiger partial charge in [0, 0.05) is 18.1 Å². The van der Waals surface area contributed by atoms with E-state index in [9.17, 15) is 4.79 Å². The molecule has 5 nitrogen and oxygen atoms in total. The summed E-state index contributed by atoms with van der Waals surface area (Å²) in [5.74, 6) is 0.487. The number of rotatable bonds is 2. The Kier molecular flexibility index (Phi) is 4.76. The highest BCUT2D eigenvalue weighted by Gasteiger charge is 2.24. The molecule has 1 fully saturated rings. The lowest BCUT2D eigenvalue weighted by atomic mass is 9.89. The van der Waals surface area contributed by atoms with E-state index in [0.717, 1.165) is 36.6 Å². The minimum Gasteiger partial charge on any atom is -0.324 e. The maximum Gasteiger partial charge on any atom is 0.321 e. The molecule has 0 saturated carbocycles. The van der Waals surface area contributed by atoms with Crippen LogP contribution in [-0.4, -0.2) is 34.2 Å². The second-order valence-corrected chi connectivity index (χ2v) is 6.21. The van der Waals surface area contributed by atoms with Crippen LogP contribution in [0.5, 0.6) is 0 Å². The lowest BCUT2D eigenvalue weighted by Crippen LogP contribution is -2.40. The minimum absolute atomic E-state index is 0.0735. The van der Waals surface area contributed by atoms with Crippen molar-refractivity contribution in [2.45, 2.75) is 25.7 Å². The number of aryl methyl sites for hydroxylation is 1. The van der Waals surface area contributed by atoms with Crippen LogP contribution in [-0.2, 0) is 0 Å². The van der Waals surface area contributed by atoms with E-state index in [2.05, 4.69) is 27.6 Å². The van der Waals surface area contributed by atoms with E-state index >= 15 is 0 Å². The molecule has 2 aromatic rings. The lowest BCUT2D eigenvalue weighted by Gasteiger charge is -2.32. The molecule has 0 atom stereocenters. The van der Waals surface area contributed by atoms with Crippen LogP contribution in [0.25, 0.3) is 0 Å². The average Bonchev–Trinajstić information content (AvgIpc) is 2.58. The first-order chi connectivity index (χ1) is 11.1. The second kappa shape index (κ2) is 6.96. The summed E-state index contributed by atoms with van der Waals surface area (Å²) in [7, 11) is 0. The molecule has 1 aromatic heterocycles. The van der Waals surface area contributed by atoms with Crippen LogP contribution in [0.1, 0.15) is 30.0 Å². The van der Waals surface area contributed by atoms with Crippen LogP contribution in [0.3, 0.4) is 0 Å². The van der Waals surface area contributed by atoms with Crippen molar-refractivity contribution in [3.05, 3.63) is 52.8 Å². The summed E-state index contributed by atoms with van der Waals surface area (Å²) in [6, 6.07) is 9.70. The van der Waals surface area contributed by atoms with Crippen LogP contribution in [0, 0.1) is 6.92 Å². The van der Waals surface area contributed by atoms with E-state index in [-0.39, 0.29) is 6.03 Å². The number of amides is 2. The van der Waals surface area contributed by atoms with Gasteiger partial charge in [0.25, 0.3) is 0 Å². The maximum atomic E-state index is 12.4. The summed E-state index contributed by atoms with van der Waals surface area (Å²) in [6.45, 7) is 3.32. The largest absolute Gasteiger partial charge is 0.324 e. The predicted octanol–water partition coefficient (Wildman–Crippen LogP) is 3.85. The Bertz CT molecular complexity index is 681. The molecule has 0 unspecified atom stereocenters. The number of nitrogens with one attached hydrogen (secondary N) is 1. The molecule has 0 bridgehead atoms. The molecular formula is C17H19ClN4O. The number of urea groups is 1. The fourth-order valence-electron chi connectivity index (χ4n) is 2.88. The number of nitrogens with zero attached hydrogens (tertiary/aromatic N) is 3. The molecular weight excluding hydrogens is 312 g/mol. The van der Waals surface area contributed by atoms with Crippen LogP contribution in [0.15, 0.2) is 36.5 Å². The van der Waals surface area contributed by atoms with Crippen molar-refractivity contribution in [2.75, 3.05) is 18.4 Å². The number of likely N-dealkylation sites (tertiary alicyclic amines) is 1. The van der Waals surface area contributed by atoms with Gasteiger partial charge in [-0.25, -0.2) is 4.79 Å². The molecule has 1 aliphatic heterocycles. The van der Waals surface area contributed by atoms with Gasteiger partial charge in [0.2, 0.25) is 0 Å². The SMILES string of the molecule is Cc1nnccc1NC(=O)N1CCC(c2ccc(Cl)cc2)CC1. The summed E-state index contributed by atoms with van der Waals surface area (Å²) >= 11 is 5.93. The van der Waals surface area contributed by atoms with Crippen LogP contribution in [0.4, 0.5) is 10.5 Å². The molecule has 3 rings (SSSR count). The maximum absolute atomic E-state index is 12.4. The van der Waals surface area contributed by atoms with Crippen molar-refractivity contribution < 1.29 is 4.79 Å². The zero-order valence-corrected chi connectivity index (χ0v) is 13.8. The number of hydrogen-bond donors (Lipinski definition) is 1. The first-order valence-electron chi connectivity index (χ1n) is 7.73. The standard InChI is InChI=1S/C17H19ClN4O/c1-12-16(6-9-19-21-12)20-17(23)22-10-7-14(8-11-22)13-2-4-15(18)5-3-13/h2-6,9,14H,7-8,10-11H2,1H3,(H,19,20,23). The Balaban J connectivity index is 1.57. The van der Waals surface area contributed by atoms with Crippen molar-refractivity contribution in [1.82, 2.24) is 15.1 Å². The van der Waals surface area contributed by atoms with E-state index in [0.29, 0.717) is 11.6 Å². The van der Waals surface area contributed by atoms with Gasteiger partial charge in [-0.15, -0.1) is 0 Å². The zero-order valence-electron chi connectivity index (χ0n) is 13.0. The molecule has 6 heteroatoms. The molecule has 23 heavy (non-hydrogen) atoms. The van der Waals surface area contributed by atoms with Crippen LogP contribution < -0.4 is 5.32 Å². The van der Waals surface area contributed by atoms with Gasteiger partial charge in [0.15, 0.2) is 0 Å². The van der Waals surface area contributed by atoms with Gasteiger partial charge in [0.05, 0.1) is 17.6 Å². The fraction of sp³-hybridized carbons (Fsp3) is 0.353. The summed E-state index contributed by atoms with van der Waals surface area (Å²) < 4.78 is 0. The Labute approximate surface area is 140 Å². The van der Waals surface area contributed by atoms with Crippen molar-refractivity contribution in [3.63, 3.8) is 0 Å². The number of anilines is 1. The molecule has 1 N–H and O–H groups in total. The normalized spacial score (nSPS) is 15.5. The second-order valence-electron chi connectivity index (χ2n) is 5.77. The topological polar surface area (TPSA) is 58.1 Å². The highest BCUT2D eigenvalue weighted by atomic mass is 35.5. The minimum atomic E-state index is -0.0735. The van der Waals surface area contributed by atoms with Gasteiger partial charge in [0.1, 0.15) is 0 Å². The quantitative estimate of drug-likeness (QED) is 0.909. The number of benzene rings is 1. The first-order valence-corrected chi connectivity index (χ1v) is 8.11. The molecule has 1 aromatic carbocycles. The molecule has 2 amide bonds. The number of aromatic nitrogens is 2. The predicted molar refractivity (Wildman–Crippen MR) is 90.8 cm³/mol. The van der Waals surface area contributed by atoms with Gasteiger partial charge >= 0.3 is 6.03 Å². The van der Waals surface area contributed by atoms with Gasteiger partial charge in [-0.3, -0.25) is 0 Å². The molecule has 1 saturated heterocycles. The van der Waals surface area contributed by atoms with Crippen LogP contribution in [0.2, 0.25) is 5.02 Å². The number of hydrogen-bond acceptors (Lipinski definition) is 3. The highest BCUT2D eigenvalue weighted by Crippen LogP contribution is 2.29. The number of carbonyl (C=O) groups excluding carboxylic acids is 1. The Morgan fingerprint density at radius 3 is 2.57 bits per heavy atom. The van der Waals surface area contributed by atoms with E-state index in [1.54, 1.807) is 12.3 Å². The van der Waals surface area contributed by atoms with E-state index in [1.165, 1.54) is 5.56 Å². The Morgan fingerprint density at radius 1 is 1.22 bits per heavy atom. The highest BCUT2D eigenvalue weighted by molar-refractivity contribution is 6.30. The van der Waals surface area contributed by atoms with Gasteiger partial charge < -0.3 is 10.2 Å². The van der Waals surface area contributed by atoms with Gasteiger partial charge in [-0.05, 0) is 49.4 Å². The fourth-order valence-corrected chi connectivity index (χ4v) is 3.01. The summed E-state index contributed by atoms with van der Waals surface area (Å²) in [6.07, 6.45) is 3.50. The lowest BCUT2D eigenvalue weighted by molar-refractivity contribution is 0.194. The first kappa shape index (κ1) is 15.7. The molecule has 0 radical (unpaired) electrons. The summed E-state index contributed by atoms with van der Waals surface area (Å²) in [5.41, 5.74) is 2.73. The average molecular weight is 331 g/mol. The van der Waals surface area contributed by atoms with E-state index < -0.39 is 0 Å². The van der Waals surface area contributed by atoms with Crippen molar-refractivity contribution in [3.8, 4) is 0 Å². The zero-order chi connectivity index (χ0) is 16.2. The Hall–Kier alpha value is -2.14. The van der Waals surface area contributed by atoms with E-state index in [4.69, 9.17) is 11.6 Å². The van der Waals surface area contributed by atoms with Crippen molar-refractivity contribution in [1.29, 1.82) is 0 Å². The third-order valence-electron chi connectivity index (χ3n) is 4.27. The number of carbonyl (C=O) groups is 1. The monoisotopic (exact) mass is 330 g/mol. The Morgan fingerprint density at radius 2 is 1.91 bits per heavy atom. The molecule has 0 spiro atoms. The smallest absolute Gasteiger partial charge is 0.321 e. The molecule has 1 aliphatic rings. The number of piperidine rings is 1. The molecule has 0 aliphatic carbocycles.